The van der Waals surface area contributed by atoms with Gasteiger partial charge in [-0.05, 0) is 11.8 Å². The van der Waals surface area contributed by atoms with Crippen LogP contribution >= 0.6 is 0 Å². The van der Waals surface area contributed by atoms with Gasteiger partial charge in [0.15, 0.2) is 0 Å². The summed E-state index contributed by atoms with van der Waals surface area (Å²) in [7, 11) is 0. The minimum atomic E-state index is -0.190. The molecule has 2 N–H and O–H groups in total. The molecule has 92 valence electrons. The molecule has 0 spiro atoms. The van der Waals surface area contributed by atoms with Gasteiger partial charge >= 0.3 is 0 Å². The predicted octanol–water partition coefficient (Wildman–Crippen LogP) is 0.997. The number of hydrogen-bond acceptors (Lipinski definition) is 3. The molecule has 2 atom stereocenters. The van der Waals surface area contributed by atoms with Gasteiger partial charge in [-0.25, -0.2) is 0 Å². The Balaban J connectivity index is 1.96. The third-order valence-electron chi connectivity index (χ3n) is 3.82. The van der Waals surface area contributed by atoms with Crippen molar-refractivity contribution in [1.82, 2.24) is 10.2 Å². The van der Waals surface area contributed by atoms with Gasteiger partial charge in [0.1, 0.15) is 0 Å². The van der Waals surface area contributed by atoms with Crippen LogP contribution in [0.3, 0.4) is 0 Å². The van der Waals surface area contributed by atoms with E-state index in [9.17, 15) is 5.11 Å². The van der Waals surface area contributed by atoms with Crippen LogP contribution in [0.5, 0.6) is 0 Å². The SMILES string of the molecule is CC(C)(C)C1=CCN(C2CNCC2O)CC1. The molecule has 16 heavy (non-hydrogen) atoms. The molecule has 3 heteroatoms. The molecule has 0 aromatic heterocycles. The van der Waals surface area contributed by atoms with Crippen molar-refractivity contribution in [2.24, 2.45) is 5.41 Å². The van der Waals surface area contributed by atoms with Crippen molar-refractivity contribution >= 4 is 0 Å². The van der Waals surface area contributed by atoms with E-state index >= 15 is 0 Å². The van der Waals surface area contributed by atoms with Crippen molar-refractivity contribution in [3.63, 3.8) is 0 Å². The Kier molecular flexibility index (Phi) is 3.38. The normalized spacial score (nSPS) is 32.9. The summed E-state index contributed by atoms with van der Waals surface area (Å²) in [5.74, 6) is 0. The average molecular weight is 224 g/mol. The fraction of sp³-hybridized carbons (Fsp3) is 0.846. The summed E-state index contributed by atoms with van der Waals surface area (Å²) in [5, 5.41) is 13.1. The standard InChI is InChI=1S/C13H24N2O/c1-13(2,3)10-4-6-15(7-5-10)11-8-14-9-12(11)16/h4,11-12,14,16H,5-9H2,1-3H3. The van der Waals surface area contributed by atoms with Crippen LogP contribution in [0.2, 0.25) is 0 Å². The summed E-state index contributed by atoms with van der Waals surface area (Å²) < 4.78 is 0. The van der Waals surface area contributed by atoms with Gasteiger partial charge in [-0.1, -0.05) is 32.4 Å². The van der Waals surface area contributed by atoms with E-state index in [1.54, 1.807) is 5.57 Å². The van der Waals surface area contributed by atoms with Gasteiger partial charge < -0.3 is 10.4 Å². The summed E-state index contributed by atoms with van der Waals surface area (Å²) in [6, 6.07) is 0.317. The summed E-state index contributed by atoms with van der Waals surface area (Å²) in [6.45, 7) is 10.6. The molecule has 0 amide bonds. The molecule has 1 fully saturated rings. The molecular weight excluding hydrogens is 200 g/mol. The number of nitrogens with zero attached hydrogens (tertiary/aromatic N) is 1. The molecular formula is C13H24N2O. The molecule has 2 heterocycles. The third-order valence-corrected chi connectivity index (χ3v) is 3.82. The highest BCUT2D eigenvalue weighted by Gasteiger charge is 2.32. The number of nitrogens with one attached hydrogen (secondary N) is 1. The zero-order valence-corrected chi connectivity index (χ0v) is 10.7. The van der Waals surface area contributed by atoms with Gasteiger partial charge in [0.25, 0.3) is 0 Å². The van der Waals surface area contributed by atoms with Crippen molar-refractivity contribution < 1.29 is 5.11 Å². The molecule has 0 aliphatic carbocycles. The van der Waals surface area contributed by atoms with Crippen molar-refractivity contribution in [1.29, 1.82) is 0 Å². The zero-order chi connectivity index (χ0) is 11.8. The molecule has 0 radical (unpaired) electrons. The summed E-state index contributed by atoms with van der Waals surface area (Å²) in [4.78, 5) is 2.40. The Hall–Kier alpha value is -0.380. The van der Waals surface area contributed by atoms with Gasteiger partial charge in [0.05, 0.1) is 6.10 Å². The molecule has 2 rings (SSSR count). The lowest BCUT2D eigenvalue weighted by atomic mass is 9.82. The lowest BCUT2D eigenvalue weighted by molar-refractivity contribution is 0.0867. The highest BCUT2D eigenvalue weighted by Crippen LogP contribution is 2.30. The van der Waals surface area contributed by atoms with Gasteiger partial charge in [-0.3, -0.25) is 4.90 Å². The van der Waals surface area contributed by atoms with Crippen molar-refractivity contribution in [2.45, 2.75) is 39.3 Å². The topological polar surface area (TPSA) is 35.5 Å². The minimum absolute atomic E-state index is 0.190. The average Bonchev–Trinajstić information content (AvgIpc) is 2.63. The van der Waals surface area contributed by atoms with Gasteiger partial charge in [0.2, 0.25) is 0 Å². The van der Waals surface area contributed by atoms with Gasteiger partial charge in [-0.2, -0.15) is 0 Å². The maximum atomic E-state index is 9.84. The Morgan fingerprint density at radius 2 is 2.12 bits per heavy atom. The van der Waals surface area contributed by atoms with E-state index in [0.717, 1.165) is 32.6 Å². The van der Waals surface area contributed by atoms with Crippen LogP contribution in [0.1, 0.15) is 27.2 Å². The highest BCUT2D eigenvalue weighted by atomic mass is 16.3. The first kappa shape index (κ1) is 12.1. The van der Waals surface area contributed by atoms with Crippen molar-refractivity contribution in [3.8, 4) is 0 Å². The van der Waals surface area contributed by atoms with Crippen LogP contribution in [0, 0.1) is 5.41 Å². The van der Waals surface area contributed by atoms with Gasteiger partial charge in [0, 0.05) is 32.2 Å². The maximum absolute atomic E-state index is 9.84. The zero-order valence-electron chi connectivity index (χ0n) is 10.7. The van der Waals surface area contributed by atoms with Crippen LogP contribution in [0.25, 0.3) is 0 Å². The first-order valence-electron chi connectivity index (χ1n) is 6.31. The van der Waals surface area contributed by atoms with Crippen LogP contribution < -0.4 is 5.32 Å². The molecule has 0 saturated carbocycles. The van der Waals surface area contributed by atoms with E-state index < -0.39 is 0 Å². The molecule has 0 bridgehead atoms. The van der Waals surface area contributed by atoms with Crippen LogP contribution in [0.4, 0.5) is 0 Å². The number of rotatable bonds is 1. The molecule has 0 aromatic rings. The summed E-state index contributed by atoms with van der Waals surface area (Å²) in [6.07, 6.45) is 3.31. The third kappa shape index (κ3) is 2.47. The molecule has 2 unspecified atom stereocenters. The molecule has 0 aromatic carbocycles. The van der Waals surface area contributed by atoms with E-state index in [1.807, 2.05) is 0 Å². The summed E-state index contributed by atoms with van der Waals surface area (Å²) in [5.41, 5.74) is 1.86. The first-order chi connectivity index (χ1) is 7.48. The largest absolute Gasteiger partial charge is 0.390 e. The van der Waals surface area contributed by atoms with E-state index in [-0.39, 0.29) is 6.10 Å². The maximum Gasteiger partial charge on any atom is 0.0831 e. The number of hydrogen-bond donors (Lipinski definition) is 2. The quantitative estimate of drug-likeness (QED) is 0.652. The molecule has 3 nitrogen and oxygen atoms in total. The summed E-state index contributed by atoms with van der Waals surface area (Å²) >= 11 is 0. The monoisotopic (exact) mass is 224 g/mol. The number of aliphatic hydroxyl groups is 1. The second-order valence-corrected chi connectivity index (χ2v) is 6.02. The van der Waals surface area contributed by atoms with E-state index in [0.29, 0.717) is 11.5 Å². The van der Waals surface area contributed by atoms with Crippen LogP contribution in [-0.4, -0.2) is 48.3 Å². The number of β-amino-alcohol motifs (C(OH)–C–C–N with tert-alkyl or cyclic N) is 1. The number of aliphatic hydroxyl groups excluding tert-OH is 1. The second-order valence-electron chi connectivity index (χ2n) is 6.02. The Morgan fingerprint density at radius 3 is 2.56 bits per heavy atom. The van der Waals surface area contributed by atoms with E-state index in [4.69, 9.17) is 0 Å². The van der Waals surface area contributed by atoms with E-state index in [1.165, 1.54) is 0 Å². The minimum Gasteiger partial charge on any atom is -0.390 e. The lowest BCUT2D eigenvalue weighted by Crippen LogP contribution is -2.45. The smallest absolute Gasteiger partial charge is 0.0831 e. The fourth-order valence-electron chi connectivity index (χ4n) is 2.69. The Bertz CT molecular complexity index is 280. The second kappa shape index (κ2) is 4.47. The van der Waals surface area contributed by atoms with Crippen LogP contribution in [-0.2, 0) is 0 Å². The Labute approximate surface area is 98.5 Å². The van der Waals surface area contributed by atoms with Crippen LogP contribution in [0.15, 0.2) is 11.6 Å². The molecule has 2 aliphatic heterocycles. The van der Waals surface area contributed by atoms with Gasteiger partial charge in [-0.15, -0.1) is 0 Å². The molecule has 1 saturated heterocycles. The first-order valence-corrected chi connectivity index (χ1v) is 6.31. The van der Waals surface area contributed by atoms with Crippen molar-refractivity contribution in [2.75, 3.05) is 26.2 Å². The fourth-order valence-corrected chi connectivity index (χ4v) is 2.69. The molecule has 2 aliphatic rings. The van der Waals surface area contributed by atoms with E-state index in [2.05, 4.69) is 37.1 Å². The Morgan fingerprint density at radius 1 is 1.38 bits per heavy atom. The van der Waals surface area contributed by atoms with Crippen molar-refractivity contribution in [3.05, 3.63) is 11.6 Å². The highest BCUT2D eigenvalue weighted by molar-refractivity contribution is 5.15. The lowest BCUT2D eigenvalue weighted by Gasteiger charge is -2.36. The predicted molar refractivity (Wildman–Crippen MR) is 66.4 cm³/mol.